The Bertz CT molecular complexity index is 1310. The van der Waals surface area contributed by atoms with Gasteiger partial charge < -0.3 is 5.32 Å². The summed E-state index contributed by atoms with van der Waals surface area (Å²) < 4.78 is 80.5. The summed E-state index contributed by atoms with van der Waals surface area (Å²) in [4.78, 5) is 12.3. The van der Waals surface area contributed by atoms with Gasteiger partial charge in [0.1, 0.15) is 10.7 Å². The highest BCUT2D eigenvalue weighted by molar-refractivity contribution is 7.97. The fourth-order valence-electron chi connectivity index (χ4n) is 3.21. The molecule has 0 unspecified atom stereocenters. The highest BCUT2D eigenvalue weighted by atomic mass is 32.2. The quantitative estimate of drug-likeness (QED) is 0.400. The van der Waals surface area contributed by atoms with Gasteiger partial charge in [-0.25, -0.2) is 12.8 Å². The topological polar surface area (TPSA) is 66.5 Å². The lowest BCUT2D eigenvalue weighted by Gasteiger charge is -2.29. The van der Waals surface area contributed by atoms with E-state index in [4.69, 9.17) is 0 Å². The molecule has 2 heterocycles. The molecule has 166 valence electrons. The Morgan fingerprint density at radius 3 is 2.41 bits per heavy atom. The molecule has 4 rings (SSSR count). The molecule has 1 N–H and O–H groups in total. The summed E-state index contributed by atoms with van der Waals surface area (Å²) in [5, 5.41) is 3.88. The third-order valence-electron chi connectivity index (χ3n) is 4.74. The van der Waals surface area contributed by atoms with Crippen LogP contribution in [0.4, 0.5) is 28.9 Å². The van der Waals surface area contributed by atoms with Gasteiger partial charge in [0.05, 0.1) is 23.5 Å². The number of anilines is 2. The van der Waals surface area contributed by atoms with E-state index in [2.05, 4.69) is 5.32 Å². The van der Waals surface area contributed by atoms with Crippen molar-refractivity contribution in [2.24, 2.45) is 0 Å². The largest absolute Gasteiger partial charge is 0.418 e. The number of ketones is 1. The van der Waals surface area contributed by atoms with Crippen LogP contribution in [0, 0.1) is 5.82 Å². The molecule has 0 amide bonds. The van der Waals surface area contributed by atoms with Crippen molar-refractivity contribution in [2.45, 2.75) is 12.7 Å². The number of thiophene rings is 1. The molecular formula is C21H14F4N2O3S2. The molecule has 11 heteroatoms. The summed E-state index contributed by atoms with van der Waals surface area (Å²) in [7, 11) is -4.41. The molecule has 0 radical (unpaired) electrons. The predicted octanol–water partition coefficient (Wildman–Crippen LogP) is 5.39. The maximum absolute atomic E-state index is 13.3. The zero-order valence-corrected chi connectivity index (χ0v) is 17.7. The smallest absolute Gasteiger partial charge is 0.360 e. The summed E-state index contributed by atoms with van der Waals surface area (Å²) in [6, 6.07) is 11.2. The number of benzene rings is 2. The van der Waals surface area contributed by atoms with Crippen LogP contribution in [-0.4, -0.2) is 14.2 Å². The van der Waals surface area contributed by atoms with E-state index in [-0.39, 0.29) is 17.1 Å². The third kappa shape index (κ3) is 4.00. The van der Waals surface area contributed by atoms with Crippen LogP contribution in [0.5, 0.6) is 0 Å². The number of carbonyl (C=O) groups excluding carboxylic acids is 1. The molecule has 1 aliphatic rings. The van der Waals surface area contributed by atoms with E-state index in [1.54, 1.807) is 5.38 Å². The van der Waals surface area contributed by atoms with Crippen LogP contribution < -0.4 is 9.62 Å². The molecule has 1 aliphatic heterocycles. The van der Waals surface area contributed by atoms with Gasteiger partial charge in [0.25, 0.3) is 10.0 Å². The summed E-state index contributed by atoms with van der Waals surface area (Å²) in [6.45, 7) is -0.184. The van der Waals surface area contributed by atoms with Gasteiger partial charge in [-0.15, -0.1) is 11.3 Å². The summed E-state index contributed by atoms with van der Waals surface area (Å²) >= 11 is 1.02. The maximum atomic E-state index is 13.3. The fourth-order valence-corrected chi connectivity index (χ4v) is 5.69. The zero-order chi connectivity index (χ0) is 23.1. The monoisotopic (exact) mass is 482 g/mol. The average molecular weight is 482 g/mol. The number of halogens is 4. The van der Waals surface area contributed by atoms with Gasteiger partial charge >= 0.3 is 6.18 Å². The van der Waals surface area contributed by atoms with Crippen LogP contribution in [0.15, 0.2) is 71.1 Å². The SMILES string of the molecule is O=C1/C(=C/Nc2ccccc2C(F)(F)F)S(=O)(=O)N(Cc2ccc(F)cc2)c2ccsc21. The average Bonchev–Trinajstić information content (AvgIpc) is 3.21. The minimum Gasteiger partial charge on any atom is -0.360 e. The van der Waals surface area contributed by atoms with E-state index in [0.717, 1.165) is 34.0 Å². The highest BCUT2D eigenvalue weighted by Crippen LogP contribution is 2.40. The number of rotatable bonds is 4. The second kappa shape index (κ2) is 8.06. The molecule has 0 spiro atoms. The Hall–Kier alpha value is -3.18. The fraction of sp³-hybridized carbons (Fsp3) is 0.0952. The van der Waals surface area contributed by atoms with E-state index in [1.807, 2.05) is 0 Å². The summed E-state index contributed by atoms with van der Waals surface area (Å²) in [6.07, 6.45) is -3.89. The number of allylic oxidation sites excluding steroid dienone is 1. The van der Waals surface area contributed by atoms with Crippen LogP contribution in [0.25, 0.3) is 0 Å². The van der Waals surface area contributed by atoms with Crippen molar-refractivity contribution in [2.75, 3.05) is 9.62 Å². The van der Waals surface area contributed by atoms with Crippen LogP contribution in [-0.2, 0) is 22.7 Å². The molecular weight excluding hydrogens is 468 g/mol. The number of sulfonamides is 1. The van der Waals surface area contributed by atoms with Crippen LogP contribution in [0.3, 0.4) is 0 Å². The number of carbonyl (C=O) groups is 1. The summed E-state index contributed by atoms with van der Waals surface area (Å²) in [5.74, 6) is -1.31. The lowest BCUT2D eigenvalue weighted by Crippen LogP contribution is -2.38. The van der Waals surface area contributed by atoms with Gasteiger partial charge in [0, 0.05) is 6.20 Å². The van der Waals surface area contributed by atoms with Crippen LogP contribution in [0.1, 0.15) is 20.8 Å². The Morgan fingerprint density at radius 1 is 1.03 bits per heavy atom. The van der Waals surface area contributed by atoms with Crippen molar-refractivity contribution in [3.05, 3.63) is 92.9 Å². The number of alkyl halides is 3. The highest BCUT2D eigenvalue weighted by Gasteiger charge is 2.41. The molecule has 0 saturated carbocycles. The van der Waals surface area contributed by atoms with Gasteiger partial charge in [-0.3, -0.25) is 9.10 Å². The van der Waals surface area contributed by atoms with Crippen molar-refractivity contribution in [3.63, 3.8) is 0 Å². The predicted molar refractivity (Wildman–Crippen MR) is 113 cm³/mol. The number of nitrogens with one attached hydrogen (secondary N) is 1. The second-order valence-corrected chi connectivity index (χ2v) is 9.55. The van der Waals surface area contributed by atoms with Gasteiger partial charge in [-0.2, -0.15) is 13.2 Å². The van der Waals surface area contributed by atoms with E-state index in [9.17, 15) is 30.8 Å². The van der Waals surface area contributed by atoms with Gasteiger partial charge in [-0.05, 0) is 41.3 Å². The van der Waals surface area contributed by atoms with Gasteiger partial charge in [0.15, 0.2) is 4.91 Å². The summed E-state index contributed by atoms with van der Waals surface area (Å²) in [5.41, 5.74) is -0.761. The Balaban J connectivity index is 1.75. The number of fused-ring (bicyclic) bond motifs is 1. The zero-order valence-electron chi connectivity index (χ0n) is 16.1. The molecule has 5 nitrogen and oxygen atoms in total. The molecule has 0 fully saturated rings. The van der Waals surface area contributed by atoms with Crippen LogP contribution >= 0.6 is 11.3 Å². The normalized spacial score (nSPS) is 16.8. The molecule has 3 aromatic rings. The van der Waals surface area contributed by atoms with Crippen molar-refractivity contribution in [3.8, 4) is 0 Å². The Labute approximate surface area is 184 Å². The first-order valence-corrected chi connectivity index (χ1v) is 11.4. The molecule has 0 saturated heterocycles. The van der Waals surface area contributed by atoms with Crippen molar-refractivity contribution >= 4 is 38.5 Å². The lowest BCUT2D eigenvalue weighted by molar-refractivity contribution is -0.136. The molecule has 32 heavy (non-hydrogen) atoms. The number of para-hydroxylation sites is 1. The first kappa shape index (κ1) is 22.0. The number of hydrogen-bond donors (Lipinski definition) is 1. The number of Topliss-reactive ketones (excluding diaryl/α,β-unsaturated/α-hetero) is 1. The van der Waals surface area contributed by atoms with Gasteiger partial charge in [0.2, 0.25) is 5.78 Å². The molecule has 0 aliphatic carbocycles. The Kier molecular flexibility index (Phi) is 5.55. The molecule has 0 atom stereocenters. The van der Waals surface area contributed by atoms with E-state index < -0.39 is 44.0 Å². The number of hydrogen-bond acceptors (Lipinski definition) is 5. The van der Waals surface area contributed by atoms with Gasteiger partial charge in [-0.1, -0.05) is 24.3 Å². The first-order valence-electron chi connectivity index (χ1n) is 9.11. The maximum Gasteiger partial charge on any atom is 0.418 e. The molecule has 2 aromatic carbocycles. The lowest BCUT2D eigenvalue weighted by atomic mass is 10.1. The van der Waals surface area contributed by atoms with Crippen molar-refractivity contribution in [1.29, 1.82) is 0 Å². The van der Waals surface area contributed by atoms with E-state index in [0.29, 0.717) is 5.56 Å². The molecule has 0 bridgehead atoms. The Morgan fingerprint density at radius 2 is 1.72 bits per heavy atom. The van der Waals surface area contributed by atoms with Crippen molar-refractivity contribution < 1.29 is 30.8 Å². The third-order valence-corrected chi connectivity index (χ3v) is 7.41. The van der Waals surface area contributed by atoms with E-state index in [1.165, 1.54) is 42.5 Å². The minimum atomic E-state index is -4.67. The first-order chi connectivity index (χ1) is 15.1. The van der Waals surface area contributed by atoms with Crippen molar-refractivity contribution in [1.82, 2.24) is 0 Å². The van der Waals surface area contributed by atoms with Crippen LogP contribution in [0.2, 0.25) is 0 Å². The number of nitrogens with zero attached hydrogens (tertiary/aromatic N) is 1. The van der Waals surface area contributed by atoms with E-state index >= 15 is 0 Å². The minimum absolute atomic E-state index is 0.138. The molecule has 1 aromatic heterocycles. The second-order valence-electron chi connectivity index (χ2n) is 6.80. The standard InChI is InChI=1S/C21H14F4N2O3S2/c22-14-7-5-13(6-8-14)12-27-17-9-10-31-20(17)19(28)18(32(27,29)30)11-26-16-4-2-1-3-15(16)21(23,24)25/h1-11,26H,12H2/b18-11-.